The molecule has 0 aliphatic heterocycles. The van der Waals surface area contributed by atoms with Crippen LogP contribution in [0, 0.1) is 17.5 Å². The van der Waals surface area contributed by atoms with Gasteiger partial charge in [0.2, 0.25) is 0 Å². The number of unbranched alkanes of at least 4 members (excludes halogenated alkanes) is 2. The second-order valence-corrected chi connectivity index (χ2v) is 9.43. The van der Waals surface area contributed by atoms with Crippen molar-refractivity contribution in [2.75, 3.05) is 13.2 Å². The van der Waals surface area contributed by atoms with Gasteiger partial charge < -0.3 is 9.47 Å². The highest BCUT2D eigenvalue weighted by atomic mass is 19.2. The van der Waals surface area contributed by atoms with Crippen molar-refractivity contribution in [3.05, 3.63) is 120 Å². The Morgan fingerprint density at radius 2 is 1.25 bits per heavy atom. The summed E-state index contributed by atoms with van der Waals surface area (Å²) in [7, 11) is 0. The molecule has 206 valence electrons. The molecule has 0 aliphatic rings. The van der Waals surface area contributed by atoms with Crippen LogP contribution >= 0.6 is 0 Å². The Hall–Kier alpha value is -4.25. The quantitative estimate of drug-likeness (QED) is 0.0951. The number of ether oxygens (including phenoxy) is 2. The molecule has 0 N–H and O–H groups in total. The Kier molecular flexibility index (Phi) is 10.2. The predicted octanol–water partition coefficient (Wildman–Crippen LogP) is 10.1. The van der Waals surface area contributed by atoms with Crippen LogP contribution in [0.15, 0.2) is 91.5 Å². The van der Waals surface area contributed by atoms with Crippen LogP contribution in [0.25, 0.3) is 34.4 Å². The van der Waals surface area contributed by atoms with E-state index >= 15 is 8.78 Å². The van der Waals surface area contributed by atoms with Gasteiger partial charge in [-0.25, -0.2) is 13.2 Å². The third-order valence-electron chi connectivity index (χ3n) is 6.48. The van der Waals surface area contributed by atoms with E-state index in [0.29, 0.717) is 41.4 Å². The van der Waals surface area contributed by atoms with Crippen molar-refractivity contribution in [1.29, 1.82) is 0 Å². The normalized spacial score (nSPS) is 11.1. The number of hydrogen-bond acceptors (Lipinski definition) is 2. The Morgan fingerprint density at radius 3 is 1.85 bits per heavy atom. The first-order valence-electron chi connectivity index (χ1n) is 13.5. The Bertz CT molecular complexity index is 1440. The predicted molar refractivity (Wildman–Crippen MR) is 158 cm³/mol. The minimum atomic E-state index is -0.905. The van der Waals surface area contributed by atoms with Crippen LogP contribution in [0.1, 0.15) is 43.7 Å². The molecule has 0 heterocycles. The molecule has 0 amide bonds. The van der Waals surface area contributed by atoms with Crippen molar-refractivity contribution in [2.24, 2.45) is 0 Å². The van der Waals surface area contributed by atoms with Gasteiger partial charge in [0.15, 0.2) is 11.6 Å². The van der Waals surface area contributed by atoms with Crippen LogP contribution in [0.2, 0.25) is 0 Å². The van der Waals surface area contributed by atoms with Crippen molar-refractivity contribution >= 4 is 12.2 Å². The van der Waals surface area contributed by atoms with Crippen molar-refractivity contribution < 1.29 is 22.6 Å². The second kappa shape index (κ2) is 14.2. The number of halogens is 3. The molecule has 2 nitrogen and oxygen atoms in total. The number of rotatable bonds is 13. The molecule has 0 atom stereocenters. The van der Waals surface area contributed by atoms with Gasteiger partial charge in [0.1, 0.15) is 17.3 Å². The fourth-order valence-corrected chi connectivity index (χ4v) is 4.17. The highest BCUT2D eigenvalue weighted by molar-refractivity contribution is 5.75. The summed E-state index contributed by atoms with van der Waals surface area (Å²) in [5.41, 5.74) is 2.70. The molecule has 0 fully saturated rings. The Labute approximate surface area is 234 Å². The van der Waals surface area contributed by atoms with Crippen LogP contribution in [0.3, 0.4) is 0 Å². The topological polar surface area (TPSA) is 18.5 Å². The Balaban J connectivity index is 1.43. The summed E-state index contributed by atoms with van der Waals surface area (Å²) in [6.07, 6.45) is 8.92. The van der Waals surface area contributed by atoms with E-state index in [1.807, 2.05) is 6.08 Å². The van der Waals surface area contributed by atoms with Crippen molar-refractivity contribution in [3.63, 3.8) is 0 Å². The van der Waals surface area contributed by atoms with Crippen molar-refractivity contribution in [3.8, 4) is 33.8 Å². The van der Waals surface area contributed by atoms with Gasteiger partial charge in [0.05, 0.1) is 13.2 Å². The smallest absolute Gasteiger partial charge is 0.167 e. The van der Waals surface area contributed by atoms with Gasteiger partial charge in [-0.1, -0.05) is 80.1 Å². The summed E-state index contributed by atoms with van der Waals surface area (Å²) in [5.74, 6) is -1.00. The molecule has 5 heteroatoms. The van der Waals surface area contributed by atoms with E-state index in [9.17, 15) is 4.39 Å². The Morgan fingerprint density at radius 1 is 0.675 bits per heavy atom. The zero-order valence-corrected chi connectivity index (χ0v) is 22.6. The van der Waals surface area contributed by atoms with E-state index in [1.165, 1.54) is 6.07 Å². The fraction of sp³-hybridized carbons (Fsp3) is 0.200. The monoisotopic (exact) mass is 542 g/mol. The number of benzene rings is 4. The molecule has 40 heavy (non-hydrogen) atoms. The van der Waals surface area contributed by atoms with Crippen molar-refractivity contribution in [2.45, 2.75) is 32.6 Å². The van der Waals surface area contributed by atoms with Crippen LogP contribution in [0.5, 0.6) is 11.5 Å². The molecule has 0 aliphatic carbocycles. The van der Waals surface area contributed by atoms with Gasteiger partial charge in [-0.05, 0) is 60.2 Å². The van der Waals surface area contributed by atoms with Crippen LogP contribution in [-0.4, -0.2) is 13.2 Å². The largest absolute Gasteiger partial charge is 0.494 e. The van der Waals surface area contributed by atoms with Crippen LogP contribution in [-0.2, 0) is 0 Å². The number of allylic oxidation sites excluding steroid dienone is 1. The van der Waals surface area contributed by atoms with Crippen LogP contribution in [0.4, 0.5) is 13.2 Å². The molecule has 0 radical (unpaired) electrons. The minimum absolute atomic E-state index is 0.172. The first kappa shape index (κ1) is 28.8. The van der Waals surface area contributed by atoms with Gasteiger partial charge in [0.25, 0.3) is 0 Å². The van der Waals surface area contributed by atoms with Gasteiger partial charge in [-0.15, -0.1) is 6.58 Å². The molecule has 4 rings (SSSR count). The van der Waals surface area contributed by atoms with Crippen LogP contribution < -0.4 is 9.47 Å². The first-order valence-corrected chi connectivity index (χ1v) is 13.5. The van der Waals surface area contributed by atoms with E-state index in [2.05, 4.69) is 13.5 Å². The van der Waals surface area contributed by atoms with Gasteiger partial charge >= 0.3 is 0 Å². The summed E-state index contributed by atoms with van der Waals surface area (Å²) >= 11 is 0. The van der Waals surface area contributed by atoms with E-state index in [4.69, 9.17) is 9.47 Å². The lowest BCUT2D eigenvalue weighted by Gasteiger charge is -2.11. The first-order chi connectivity index (χ1) is 19.5. The lowest BCUT2D eigenvalue weighted by atomic mass is 9.98. The molecule has 4 aromatic carbocycles. The maximum absolute atomic E-state index is 15.1. The molecule has 0 bridgehead atoms. The average Bonchev–Trinajstić information content (AvgIpc) is 2.97. The highest BCUT2D eigenvalue weighted by Crippen LogP contribution is 2.32. The maximum Gasteiger partial charge on any atom is 0.167 e. The third-order valence-corrected chi connectivity index (χ3v) is 6.48. The lowest BCUT2D eigenvalue weighted by Crippen LogP contribution is -1.97. The molecule has 0 unspecified atom stereocenters. The fourth-order valence-electron chi connectivity index (χ4n) is 4.17. The lowest BCUT2D eigenvalue weighted by molar-refractivity contribution is 0.309. The van der Waals surface area contributed by atoms with E-state index in [-0.39, 0.29) is 16.9 Å². The molecule has 0 spiro atoms. The summed E-state index contributed by atoms with van der Waals surface area (Å²) < 4.78 is 55.9. The minimum Gasteiger partial charge on any atom is -0.494 e. The molecule has 0 saturated heterocycles. The summed E-state index contributed by atoms with van der Waals surface area (Å²) in [4.78, 5) is 0. The summed E-state index contributed by atoms with van der Waals surface area (Å²) in [5, 5.41) is 0. The molecule has 0 aromatic heterocycles. The number of hydrogen-bond donors (Lipinski definition) is 0. The maximum atomic E-state index is 15.1. The van der Waals surface area contributed by atoms with E-state index < -0.39 is 11.6 Å². The molecular weight excluding hydrogens is 509 g/mol. The summed E-state index contributed by atoms with van der Waals surface area (Å²) in [6.45, 7) is 6.88. The SMILES string of the molecule is C=CCCCOc1ccc(/C=C/c2ccc(-c3ccc(-c4ccc(OCCCC)cc4)c(F)c3F)cc2)c(F)c1. The molecule has 4 aromatic rings. The second-order valence-electron chi connectivity index (χ2n) is 9.43. The third kappa shape index (κ3) is 7.44. The van der Waals surface area contributed by atoms with E-state index in [1.54, 1.807) is 84.9 Å². The van der Waals surface area contributed by atoms with E-state index in [0.717, 1.165) is 31.2 Å². The van der Waals surface area contributed by atoms with Gasteiger partial charge in [0, 0.05) is 22.8 Å². The average molecular weight is 543 g/mol. The zero-order chi connectivity index (χ0) is 28.3. The molecular formula is C35H33F3O2. The van der Waals surface area contributed by atoms with Gasteiger partial charge in [-0.2, -0.15) is 0 Å². The van der Waals surface area contributed by atoms with Crippen molar-refractivity contribution in [1.82, 2.24) is 0 Å². The van der Waals surface area contributed by atoms with Gasteiger partial charge in [-0.3, -0.25) is 0 Å². The summed E-state index contributed by atoms with van der Waals surface area (Å²) in [6, 6.07) is 21.9. The highest BCUT2D eigenvalue weighted by Gasteiger charge is 2.16. The molecule has 0 saturated carbocycles. The standard InChI is InChI=1S/C35H33F3O2/c1-3-5-7-23-40-30-19-16-28(33(36)24-30)13-10-25-8-11-26(12-9-25)31-20-21-32(35(38)34(31)37)27-14-17-29(18-15-27)39-22-6-4-2/h3,8-21,24H,1,4-7,22-23H2,2H3/b13-10+. The zero-order valence-electron chi connectivity index (χ0n) is 22.6.